The maximum Gasteiger partial charge on any atom is 0.246 e. The molecule has 6 rings (SSSR count). The number of likely N-dealkylation sites (N-methyl/N-ethyl adjacent to an activating group) is 1. The van der Waals surface area contributed by atoms with Gasteiger partial charge >= 0.3 is 0 Å². The summed E-state index contributed by atoms with van der Waals surface area (Å²) in [6.45, 7) is 3.82. The van der Waals surface area contributed by atoms with Crippen LogP contribution in [0.2, 0.25) is 0 Å². The number of hydrogen-bond acceptors (Lipinski definition) is 8. The third kappa shape index (κ3) is 5.14. The van der Waals surface area contributed by atoms with Crippen molar-refractivity contribution < 1.29 is 9.53 Å². The van der Waals surface area contributed by atoms with E-state index in [0.717, 1.165) is 45.8 Å². The van der Waals surface area contributed by atoms with Crippen LogP contribution in [0.3, 0.4) is 0 Å². The molecule has 5 heterocycles. The van der Waals surface area contributed by atoms with Crippen LogP contribution in [0.4, 0.5) is 11.5 Å². The third-order valence-electron chi connectivity index (χ3n) is 6.68. The number of hydrogen-bond donors (Lipinski definition) is 1. The molecule has 0 aliphatic carbocycles. The molecule has 0 unspecified atom stereocenters. The van der Waals surface area contributed by atoms with Crippen LogP contribution < -0.4 is 10.1 Å². The van der Waals surface area contributed by atoms with Gasteiger partial charge in [-0.05, 0) is 62.5 Å². The number of rotatable bonds is 8. The van der Waals surface area contributed by atoms with Crippen LogP contribution in [0, 0.1) is 6.92 Å². The summed E-state index contributed by atoms with van der Waals surface area (Å²) < 4.78 is 9.61. The lowest BCUT2D eigenvalue weighted by Crippen LogP contribution is -2.27. The fourth-order valence-electron chi connectivity index (χ4n) is 4.66. The van der Waals surface area contributed by atoms with Crippen molar-refractivity contribution in [2.75, 3.05) is 39.0 Å². The number of ether oxygens (including phenoxy) is 1. The Hall–Kier alpha value is -5.03. The van der Waals surface area contributed by atoms with Gasteiger partial charge in [0.2, 0.25) is 5.91 Å². The molecule has 0 spiro atoms. The van der Waals surface area contributed by atoms with Crippen molar-refractivity contribution in [3.63, 3.8) is 0 Å². The van der Waals surface area contributed by atoms with Gasteiger partial charge < -0.3 is 19.9 Å². The van der Waals surface area contributed by atoms with E-state index in [1.54, 1.807) is 15.1 Å². The maximum atomic E-state index is 12.7. The number of aromatic nitrogens is 6. The molecule has 1 aliphatic heterocycles. The Labute approximate surface area is 231 Å². The summed E-state index contributed by atoms with van der Waals surface area (Å²) in [4.78, 5) is 25.3. The fourth-order valence-corrected chi connectivity index (χ4v) is 4.66. The van der Waals surface area contributed by atoms with Gasteiger partial charge in [-0.1, -0.05) is 12.2 Å². The molecule has 0 fully saturated rings. The number of fused-ring (bicyclic) bond motifs is 2. The highest BCUT2D eigenvalue weighted by molar-refractivity contribution is 5.93. The Kier molecular flexibility index (Phi) is 6.71. The number of pyridine rings is 1. The molecule has 0 saturated carbocycles. The molecule has 5 aromatic rings. The molecule has 0 saturated heterocycles. The second-order valence-corrected chi connectivity index (χ2v) is 9.88. The van der Waals surface area contributed by atoms with Crippen molar-refractivity contribution in [1.29, 1.82) is 0 Å². The lowest BCUT2D eigenvalue weighted by atomic mass is 10.1. The van der Waals surface area contributed by atoms with Crippen molar-refractivity contribution in [2.45, 2.75) is 6.92 Å². The summed E-state index contributed by atoms with van der Waals surface area (Å²) in [6.07, 6.45) is 12.4. The lowest BCUT2D eigenvalue weighted by molar-refractivity contribution is -0.124. The molecule has 1 amide bonds. The highest BCUT2D eigenvalue weighted by atomic mass is 16.5. The van der Waals surface area contributed by atoms with Crippen LogP contribution in [0.1, 0.15) is 11.1 Å². The number of carbonyl (C=O) groups is 1. The fraction of sp³-hybridized carbons (Fsp3) is 0.207. The minimum atomic E-state index is 0.00497. The molecule has 1 aliphatic rings. The summed E-state index contributed by atoms with van der Waals surface area (Å²) in [6, 6.07) is 11.6. The topological polar surface area (TPSA) is 105 Å². The van der Waals surface area contributed by atoms with E-state index < -0.39 is 0 Å². The van der Waals surface area contributed by atoms with E-state index in [1.807, 2.05) is 85.7 Å². The zero-order valence-corrected chi connectivity index (χ0v) is 22.5. The summed E-state index contributed by atoms with van der Waals surface area (Å²) >= 11 is 0. The number of amides is 1. The first-order chi connectivity index (χ1) is 19.4. The SMILES string of the molecule is Cc1cc(Nc2ncnn3ccc(C4=CCN(C(=O)/C=C/CN(C)C)C4)c23)ccc1Oc1ccn2ncnc2c1. The number of aryl methyl sites for hydroxylation is 1. The molecule has 1 N–H and O–H groups in total. The average Bonchev–Trinajstić information content (AvgIpc) is 3.69. The molecular weight excluding hydrogens is 506 g/mol. The van der Waals surface area contributed by atoms with Crippen molar-refractivity contribution in [3.05, 3.63) is 90.8 Å². The summed E-state index contributed by atoms with van der Waals surface area (Å²) in [5, 5.41) is 12.0. The first-order valence-corrected chi connectivity index (χ1v) is 12.9. The van der Waals surface area contributed by atoms with Gasteiger partial charge in [0.1, 0.15) is 29.7 Å². The van der Waals surface area contributed by atoms with E-state index in [2.05, 4.69) is 31.6 Å². The van der Waals surface area contributed by atoms with Crippen molar-refractivity contribution in [1.82, 2.24) is 39.0 Å². The molecule has 11 nitrogen and oxygen atoms in total. The molecule has 11 heteroatoms. The predicted octanol–water partition coefficient (Wildman–Crippen LogP) is 3.96. The molecular formula is C29H29N9O2. The first kappa shape index (κ1) is 25.3. The van der Waals surface area contributed by atoms with E-state index in [0.29, 0.717) is 24.7 Å². The van der Waals surface area contributed by atoms with Gasteiger partial charge in [-0.3, -0.25) is 4.79 Å². The quantitative estimate of drug-likeness (QED) is 0.298. The summed E-state index contributed by atoms with van der Waals surface area (Å²) in [5.74, 6) is 2.11. The Morgan fingerprint density at radius 1 is 1.07 bits per heavy atom. The van der Waals surface area contributed by atoms with Gasteiger partial charge in [-0.15, -0.1) is 0 Å². The normalized spacial score (nSPS) is 13.6. The summed E-state index contributed by atoms with van der Waals surface area (Å²) in [7, 11) is 3.95. The van der Waals surface area contributed by atoms with E-state index in [-0.39, 0.29) is 5.91 Å². The number of benzene rings is 1. The molecule has 0 atom stereocenters. The lowest BCUT2D eigenvalue weighted by Gasteiger charge is -2.15. The molecule has 1 aromatic carbocycles. The van der Waals surface area contributed by atoms with Crippen molar-refractivity contribution in [2.24, 2.45) is 0 Å². The second kappa shape index (κ2) is 10.6. The van der Waals surface area contributed by atoms with Crippen LogP contribution in [-0.2, 0) is 4.79 Å². The van der Waals surface area contributed by atoms with Gasteiger partial charge in [-0.25, -0.2) is 19.0 Å². The Morgan fingerprint density at radius 3 is 2.75 bits per heavy atom. The minimum Gasteiger partial charge on any atom is -0.457 e. The van der Waals surface area contributed by atoms with Crippen molar-refractivity contribution >= 4 is 34.1 Å². The Bertz CT molecular complexity index is 1770. The van der Waals surface area contributed by atoms with Gasteiger partial charge in [0, 0.05) is 55.4 Å². The minimum absolute atomic E-state index is 0.00497. The number of anilines is 2. The largest absolute Gasteiger partial charge is 0.457 e. The highest BCUT2D eigenvalue weighted by Crippen LogP contribution is 2.32. The highest BCUT2D eigenvalue weighted by Gasteiger charge is 2.22. The van der Waals surface area contributed by atoms with Crippen molar-refractivity contribution in [3.8, 4) is 11.5 Å². The van der Waals surface area contributed by atoms with Gasteiger partial charge in [0.25, 0.3) is 0 Å². The first-order valence-electron chi connectivity index (χ1n) is 12.9. The number of nitrogens with zero attached hydrogens (tertiary/aromatic N) is 8. The Morgan fingerprint density at radius 2 is 1.90 bits per heavy atom. The van der Waals surface area contributed by atoms with Gasteiger partial charge in [0.15, 0.2) is 11.5 Å². The van der Waals surface area contributed by atoms with E-state index in [4.69, 9.17) is 4.74 Å². The van der Waals surface area contributed by atoms with Crippen LogP contribution in [0.25, 0.3) is 16.7 Å². The van der Waals surface area contributed by atoms with Gasteiger partial charge in [-0.2, -0.15) is 10.2 Å². The number of carbonyl (C=O) groups excluding carboxylic acids is 1. The molecule has 202 valence electrons. The number of nitrogens with one attached hydrogen (secondary N) is 1. The average molecular weight is 536 g/mol. The monoisotopic (exact) mass is 535 g/mol. The summed E-state index contributed by atoms with van der Waals surface area (Å²) in [5.41, 5.74) is 5.46. The zero-order valence-electron chi connectivity index (χ0n) is 22.5. The maximum absolute atomic E-state index is 12.7. The molecule has 4 aromatic heterocycles. The van der Waals surface area contributed by atoms with Crippen LogP contribution >= 0.6 is 0 Å². The van der Waals surface area contributed by atoms with E-state index in [9.17, 15) is 4.79 Å². The Balaban J connectivity index is 1.20. The smallest absolute Gasteiger partial charge is 0.246 e. The van der Waals surface area contributed by atoms with E-state index >= 15 is 0 Å². The molecule has 0 radical (unpaired) electrons. The standard InChI is InChI=1S/C29H29N9O2/c1-20-15-22(6-7-25(20)40-23-9-13-37-26(16-23)30-18-32-37)34-29-28-24(10-14-38(28)33-19-31-29)21-8-12-36(17-21)27(39)5-4-11-35(2)3/h4-10,13-16,18-19H,11-12,17H2,1-3H3,(H,31,33,34)/b5-4+. The van der Waals surface area contributed by atoms with E-state index in [1.165, 1.54) is 12.7 Å². The van der Waals surface area contributed by atoms with Crippen LogP contribution in [0.5, 0.6) is 11.5 Å². The van der Waals surface area contributed by atoms with Crippen LogP contribution in [-0.4, -0.2) is 78.6 Å². The van der Waals surface area contributed by atoms with Crippen LogP contribution in [0.15, 0.2) is 79.7 Å². The molecule has 0 bridgehead atoms. The third-order valence-corrected chi connectivity index (χ3v) is 6.68. The molecule has 40 heavy (non-hydrogen) atoms. The zero-order chi connectivity index (χ0) is 27.6. The predicted molar refractivity (Wildman–Crippen MR) is 153 cm³/mol. The van der Waals surface area contributed by atoms with Gasteiger partial charge in [0.05, 0.1) is 0 Å². The second-order valence-electron chi connectivity index (χ2n) is 9.88.